The lowest BCUT2D eigenvalue weighted by molar-refractivity contribution is 0.365. The Morgan fingerprint density at radius 3 is 1.53 bits per heavy atom. The van der Waals surface area contributed by atoms with Gasteiger partial charge in [-0.3, -0.25) is 0 Å². The fourth-order valence-electron chi connectivity index (χ4n) is 6.03. The predicted molar refractivity (Wildman–Crippen MR) is 158 cm³/mol. The van der Waals surface area contributed by atoms with Crippen molar-refractivity contribution in [1.29, 1.82) is 0 Å². The van der Waals surface area contributed by atoms with Crippen molar-refractivity contribution >= 4 is 69.5 Å². The molecule has 1 saturated heterocycles. The molecule has 0 saturated carbocycles. The highest BCUT2D eigenvalue weighted by Gasteiger charge is 2.26. The van der Waals surface area contributed by atoms with Gasteiger partial charge in [0.2, 0.25) is 0 Å². The van der Waals surface area contributed by atoms with Crippen LogP contribution in [0.5, 0.6) is 0 Å². The van der Waals surface area contributed by atoms with Crippen molar-refractivity contribution < 1.29 is 9.31 Å². The number of para-hydroxylation sites is 2. The first-order valence-electron chi connectivity index (χ1n) is 12.9. The lowest BCUT2D eigenvalue weighted by Crippen LogP contribution is -2.31. The van der Waals surface area contributed by atoms with Crippen LogP contribution in [0.2, 0.25) is 0 Å². The molecule has 3 heterocycles. The van der Waals surface area contributed by atoms with Gasteiger partial charge in [-0.05, 0) is 54.0 Å². The average molecular weight is 488 g/mol. The normalized spacial score (nSPS) is 13.9. The molecule has 0 spiro atoms. The van der Waals surface area contributed by atoms with Gasteiger partial charge in [-0.1, -0.05) is 66.1 Å². The van der Waals surface area contributed by atoms with Gasteiger partial charge in [-0.15, -0.1) is 0 Å². The molecule has 1 fully saturated rings. The maximum atomic E-state index is 6.02. The quantitative estimate of drug-likeness (QED) is 0.311. The number of fused-ring (bicyclic) bond motifs is 7. The first kappa shape index (κ1) is 21.8. The fourth-order valence-corrected chi connectivity index (χ4v) is 6.03. The van der Waals surface area contributed by atoms with E-state index in [1.54, 1.807) is 0 Å². The Morgan fingerprint density at radius 2 is 1.00 bits per heavy atom. The fraction of sp³-hybridized carbons (Fsp3) is 0.0625. The molecule has 0 amide bonds. The van der Waals surface area contributed by atoms with Crippen LogP contribution in [0, 0.1) is 0 Å². The van der Waals surface area contributed by atoms with E-state index in [9.17, 15) is 0 Å². The Balaban J connectivity index is 1.45. The third kappa shape index (κ3) is 3.14. The van der Waals surface area contributed by atoms with Crippen LogP contribution in [0.4, 0.5) is 0 Å². The summed E-state index contributed by atoms with van der Waals surface area (Å²) in [6, 6.07) is 38.5. The van der Waals surface area contributed by atoms with E-state index in [1.807, 2.05) is 12.1 Å². The van der Waals surface area contributed by atoms with Gasteiger partial charge in [0.05, 0.1) is 35.3 Å². The van der Waals surface area contributed by atoms with E-state index in [0.29, 0.717) is 13.2 Å². The smallest absolute Gasteiger partial charge is 0.405 e. The van der Waals surface area contributed by atoms with Crippen molar-refractivity contribution in [2.45, 2.75) is 0 Å². The topological polar surface area (TPSA) is 28.3 Å². The van der Waals surface area contributed by atoms with Crippen molar-refractivity contribution in [3.8, 4) is 11.4 Å². The Bertz CT molecular complexity index is 1980. The minimum absolute atomic E-state index is 0.277. The Morgan fingerprint density at radius 1 is 0.526 bits per heavy atom. The molecule has 2 aromatic heterocycles. The number of rotatable bonds is 3. The first-order valence-corrected chi connectivity index (χ1v) is 12.9. The molecular weight excluding hydrogens is 466 g/mol. The molecule has 6 heteroatoms. The molecule has 2 radical (unpaired) electrons. The SMILES string of the molecule is [B]c1ccc(-n2c3ccccc3c3c4c5ccccc5n(-c5ccc(B6OCCO6)cc5)c4ccc32)cc1. The van der Waals surface area contributed by atoms with Crippen molar-refractivity contribution in [3.63, 3.8) is 0 Å². The maximum absolute atomic E-state index is 6.02. The third-order valence-electron chi connectivity index (χ3n) is 7.67. The van der Waals surface area contributed by atoms with Gasteiger partial charge in [-0.2, -0.15) is 0 Å². The highest BCUT2D eigenvalue weighted by molar-refractivity contribution is 6.61. The van der Waals surface area contributed by atoms with E-state index in [1.165, 1.54) is 43.6 Å². The highest BCUT2D eigenvalue weighted by atomic mass is 16.6. The summed E-state index contributed by atoms with van der Waals surface area (Å²) in [5.41, 5.74) is 8.73. The maximum Gasteiger partial charge on any atom is 0.494 e. The van der Waals surface area contributed by atoms with E-state index in [4.69, 9.17) is 17.2 Å². The van der Waals surface area contributed by atoms with Crippen molar-refractivity contribution in [3.05, 3.63) is 109 Å². The second-order valence-corrected chi connectivity index (χ2v) is 9.82. The molecule has 0 bridgehead atoms. The summed E-state index contributed by atoms with van der Waals surface area (Å²) in [6.45, 7) is 1.28. The van der Waals surface area contributed by atoms with Gasteiger partial charge in [0.1, 0.15) is 7.85 Å². The van der Waals surface area contributed by atoms with E-state index < -0.39 is 0 Å². The summed E-state index contributed by atoms with van der Waals surface area (Å²) in [4.78, 5) is 0. The Labute approximate surface area is 221 Å². The van der Waals surface area contributed by atoms with Crippen LogP contribution in [0.25, 0.3) is 55.0 Å². The summed E-state index contributed by atoms with van der Waals surface area (Å²) in [7, 11) is 5.74. The summed E-state index contributed by atoms with van der Waals surface area (Å²) in [5.74, 6) is 0. The lowest BCUT2D eigenvalue weighted by atomic mass is 9.79. The van der Waals surface area contributed by atoms with Gasteiger partial charge < -0.3 is 18.4 Å². The molecule has 5 aromatic carbocycles. The van der Waals surface area contributed by atoms with Crippen LogP contribution in [0.15, 0.2) is 109 Å². The summed E-state index contributed by atoms with van der Waals surface area (Å²) in [6.07, 6.45) is 0. The van der Waals surface area contributed by atoms with Gasteiger partial charge in [0, 0.05) is 32.9 Å². The van der Waals surface area contributed by atoms with Crippen LogP contribution in [0.3, 0.4) is 0 Å². The van der Waals surface area contributed by atoms with Crippen molar-refractivity contribution in [2.24, 2.45) is 0 Å². The van der Waals surface area contributed by atoms with Crippen molar-refractivity contribution in [2.75, 3.05) is 13.2 Å². The van der Waals surface area contributed by atoms with Gasteiger partial charge in [0.25, 0.3) is 0 Å². The van der Waals surface area contributed by atoms with Gasteiger partial charge >= 0.3 is 7.12 Å². The lowest BCUT2D eigenvalue weighted by Gasteiger charge is -2.11. The molecule has 4 nitrogen and oxygen atoms in total. The Kier molecular flexibility index (Phi) is 4.81. The molecule has 7 aromatic rings. The van der Waals surface area contributed by atoms with Crippen LogP contribution >= 0.6 is 0 Å². The van der Waals surface area contributed by atoms with Gasteiger partial charge in [-0.25, -0.2) is 0 Å². The first-order chi connectivity index (χ1) is 18.8. The Hall–Kier alpha value is -4.25. The minimum Gasteiger partial charge on any atom is -0.405 e. The van der Waals surface area contributed by atoms with Crippen LogP contribution in [0.1, 0.15) is 0 Å². The molecule has 38 heavy (non-hydrogen) atoms. The number of benzene rings is 5. The molecule has 1 aliphatic rings. The molecule has 178 valence electrons. The number of hydrogen-bond donors (Lipinski definition) is 0. The zero-order valence-corrected chi connectivity index (χ0v) is 20.7. The number of aromatic nitrogens is 2. The van der Waals surface area contributed by atoms with Crippen LogP contribution < -0.4 is 10.9 Å². The highest BCUT2D eigenvalue weighted by Crippen LogP contribution is 2.42. The van der Waals surface area contributed by atoms with E-state index in [-0.39, 0.29) is 7.12 Å². The number of hydrogen-bond acceptors (Lipinski definition) is 2. The van der Waals surface area contributed by atoms with Gasteiger partial charge in [0.15, 0.2) is 0 Å². The minimum atomic E-state index is -0.277. The van der Waals surface area contributed by atoms with Crippen LogP contribution in [-0.4, -0.2) is 37.3 Å². The second kappa shape index (κ2) is 8.38. The summed E-state index contributed by atoms with van der Waals surface area (Å²) >= 11 is 0. The molecule has 0 N–H and O–H groups in total. The largest absolute Gasteiger partial charge is 0.494 e. The monoisotopic (exact) mass is 488 g/mol. The molecular formula is C32H22B2N2O2. The zero-order valence-electron chi connectivity index (χ0n) is 20.7. The van der Waals surface area contributed by atoms with Crippen LogP contribution in [-0.2, 0) is 9.31 Å². The molecule has 0 unspecified atom stereocenters. The molecule has 8 rings (SSSR count). The van der Waals surface area contributed by atoms with E-state index >= 15 is 0 Å². The standard InChI is InChI=1S/C32H22B2N2O2/c33-21-9-13-23(14-10-21)35-27-7-3-1-5-25(27)31-29(35)17-18-30-32(31)26-6-2-4-8-28(26)36(30)24-15-11-22(12-16-24)34-37-19-20-38-34/h1-18H,19-20H2. The second-order valence-electron chi connectivity index (χ2n) is 9.82. The molecule has 1 aliphatic heterocycles. The third-order valence-corrected chi connectivity index (χ3v) is 7.67. The average Bonchev–Trinajstić information content (AvgIpc) is 3.69. The number of nitrogens with zero attached hydrogens (tertiary/aromatic N) is 2. The summed E-state index contributed by atoms with van der Waals surface area (Å²) in [5, 5.41) is 4.99. The predicted octanol–water partition coefficient (Wildman–Crippen LogP) is 5.42. The molecule has 0 atom stereocenters. The van der Waals surface area contributed by atoms with Crippen molar-refractivity contribution in [1.82, 2.24) is 9.13 Å². The molecule has 0 aliphatic carbocycles. The zero-order chi connectivity index (χ0) is 25.2. The van der Waals surface area contributed by atoms with E-state index in [2.05, 4.69) is 106 Å². The van der Waals surface area contributed by atoms with E-state index in [0.717, 1.165) is 22.3 Å². The summed E-state index contributed by atoms with van der Waals surface area (Å²) < 4.78 is 16.1.